The second kappa shape index (κ2) is 10.9. The monoisotopic (exact) mass is 399 g/mol. The molecule has 0 atom stereocenters. The minimum Gasteiger partial charge on any atom is -1.00 e. The summed E-state index contributed by atoms with van der Waals surface area (Å²) in [7, 11) is 1.05. The molecule has 0 saturated carbocycles. The zero-order chi connectivity index (χ0) is 15.6. The van der Waals surface area contributed by atoms with Crippen LogP contribution < -0.4 is 24.8 Å². The van der Waals surface area contributed by atoms with E-state index in [1.165, 1.54) is 16.7 Å². The summed E-state index contributed by atoms with van der Waals surface area (Å²) in [6, 6.07) is 0. The zero-order valence-corrected chi connectivity index (χ0v) is 20.3. The van der Waals surface area contributed by atoms with Crippen molar-refractivity contribution in [3.63, 3.8) is 0 Å². The van der Waals surface area contributed by atoms with Crippen molar-refractivity contribution in [1.82, 2.24) is 0 Å². The van der Waals surface area contributed by atoms with Gasteiger partial charge in [0.2, 0.25) is 0 Å². The van der Waals surface area contributed by atoms with Crippen molar-refractivity contribution in [1.29, 1.82) is 0 Å². The Balaban J connectivity index is -0.000000130. The normalized spacial score (nSPS) is 16.4. The van der Waals surface area contributed by atoms with Gasteiger partial charge in [0.15, 0.2) is 0 Å². The summed E-state index contributed by atoms with van der Waals surface area (Å²) in [5.41, 5.74) is 4.39. The molecule has 4 heteroatoms. The Labute approximate surface area is 169 Å². The molecule has 1 aliphatic carbocycles. The summed E-state index contributed by atoms with van der Waals surface area (Å²) in [5.74, 6) is 0. The van der Waals surface area contributed by atoms with Crippen LogP contribution in [0.3, 0.4) is 0 Å². The van der Waals surface area contributed by atoms with E-state index in [-0.39, 0.29) is 51.9 Å². The Hall–Kier alpha value is 1.20. The van der Waals surface area contributed by atoms with Gasteiger partial charge in [0, 0.05) is 0 Å². The average Bonchev–Trinajstić information content (AvgIpc) is 2.24. The Morgan fingerprint density at radius 2 is 1.14 bits per heavy atom. The fraction of sp³-hybridized carbons (Fsp3) is 0.778. The van der Waals surface area contributed by atoms with E-state index in [9.17, 15) is 0 Å². The molecule has 0 aromatic rings. The Morgan fingerprint density at radius 3 is 1.18 bits per heavy atom. The van der Waals surface area contributed by atoms with Gasteiger partial charge in [-0.05, 0) is 10.3 Å². The van der Waals surface area contributed by atoms with Crippen LogP contribution in [0.25, 0.3) is 0 Å². The van der Waals surface area contributed by atoms with Crippen LogP contribution in [0.2, 0.25) is 0 Å². The Bertz CT molecular complexity index is 371. The van der Waals surface area contributed by atoms with Crippen molar-refractivity contribution >= 4 is 8.58 Å². The largest absolute Gasteiger partial charge is 3.00 e. The third-order valence-electron chi connectivity index (χ3n) is 3.31. The fourth-order valence-corrected chi connectivity index (χ4v) is 4.78. The minimum absolute atomic E-state index is 0. The van der Waals surface area contributed by atoms with Gasteiger partial charge in [0.25, 0.3) is 0 Å². The summed E-state index contributed by atoms with van der Waals surface area (Å²) < 4.78 is 0. The molecule has 0 aromatic heterocycles. The molecular weight excluding hydrogens is 366 g/mol. The van der Waals surface area contributed by atoms with Gasteiger partial charge in [-0.3, -0.25) is 6.08 Å². The molecule has 0 N–H and O–H groups in total. The summed E-state index contributed by atoms with van der Waals surface area (Å²) in [5, 5.41) is 1.02. The summed E-state index contributed by atoms with van der Waals surface area (Å²) in [6.45, 7) is 24.7. The maximum absolute atomic E-state index is 3.44. The van der Waals surface area contributed by atoms with E-state index in [1.807, 2.05) is 0 Å². The summed E-state index contributed by atoms with van der Waals surface area (Å²) in [6.07, 6.45) is 3.44. The molecule has 129 valence electrons. The maximum Gasteiger partial charge on any atom is 3.00 e. The van der Waals surface area contributed by atoms with Crippen LogP contribution in [0.4, 0.5) is 0 Å². The molecule has 1 radical (unpaired) electrons. The maximum atomic E-state index is 3.44. The molecule has 1 rings (SSSR count). The van der Waals surface area contributed by atoms with Crippen LogP contribution in [0.5, 0.6) is 0 Å². The molecule has 0 aromatic carbocycles. The van der Waals surface area contributed by atoms with Gasteiger partial charge in [-0.2, -0.15) is 11.1 Å². The Kier molecular flexibility index (Phi) is 15.4. The number of allylic oxidation sites excluding steroid dienone is 4. The van der Waals surface area contributed by atoms with E-state index in [1.54, 1.807) is 0 Å². The van der Waals surface area contributed by atoms with Gasteiger partial charge in [-0.25, -0.2) is 5.57 Å². The second-order valence-electron chi connectivity index (χ2n) is 8.25. The van der Waals surface area contributed by atoms with Crippen LogP contribution in [0.1, 0.15) is 76.2 Å². The van der Waals surface area contributed by atoms with Crippen molar-refractivity contribution in [3.05, 3.63) is 22.8 Å². The molecule has 0 saturated heterocycles. The predicted octanol–water partition coefficient (Wildman–Crippen LogP) is 0.379. The smallest absolute Gasteiger partial charge is 1.00 e. The van der Waals surface area contributed by atoms with Crippen LogP contribution in [-0.2, 0) is 21.7 Å². The zero-order valence-electron chi connectivity index (χ0n) is 16.3. The minimum atomic E-state index is 0. The van der Waals surface area contributed by atoms with E-state index in [0.717, 1.165) is 8.58 Å². The third kappa shape index (κ3) is 12.6. The van der Waals surface area contributed by atoms with Crippen LogP contribution >= 0.6 is 8.58 Å². The SMILES string of the molecule is CC(C)(C)PC(C)(C)C.CC1=[C-]C(C)(C)C(C)=C1C.[Cl-].[Cl-].[Ti+3]. The summed E-state index contributed by atoms with van der Waals surface area (Å²) in [4.78, 5) is 0. The van der Waals surface area contributed by atoms with Crippen LogP contribution in [0, 0.1) is 11.5 Å². The molecule has 0 spiro atoms. The first-order valence-electron chi connectivity index (χ1n) is 7.25. The van der Waals surface area contributed by atoms with E-state index in [4.69, 9.17) is 0 Å². The molecule has 0 nitrogen and oxygen atoms in total. The standard InChI is InChI=1S/C10H15.C8H19P.2ClH.Ti/c1-7-6-10(4,5)9(3)8(7)2;1-7(2,3)9-8(4,5)6;;;/h1-5H3;9H,1-6H3;2*1H;/q-1;;;;+3/p-2. The van der Waals surface area contributed by atoms with Gasteiger partial charge in [-0.1, -0.05) is 74.7 Å². The molecule has 0 unspecified atom stereocenters. The Morgan fingerprint density at radius 1 is 0.818 bits per heavy atom. The van der Waals surface area contributed by atoms with Gasteiger partial charge >= 0.3 is 21.7 Å². The number of rotatable bonds is 0. The van der Waals surface area contributed by atoms with Crippen molar-refractivity contribution in [3.8, 4) is 0 Å². The van der Waals surface area contributed by atoms with Gasteiger partial charge in [-0.15, -0.1) is 15.5 Å². The average molecular weight is 400 g/mol. The topological polar surface area (TPSA) is 0 Å². The first kappa shape index (κ1) is 31.0. The van der Waals surface area contributed by atoms with Gasteiger partial charge in [0.05, 0.1) is 0 Å². The molecule has 22 heavy (non-hydrogen) atoms. The van der Waals surface area contributed by atoms with Crippen molar-refractivity contribution in [2.45, 2.75) is 86.5 Å². The molecule has 0 fully saturated rings. The first-order valence-corrected chi connectivity index (χ1v) is 8.25. The van der Waals surface area contributed by atoms with Gasteiger partial charge < -0.3 is 24.8 Å². The molecule has 0 aliphatic heterocycles. The molecule has 0 heterocycles. The molecule has 1 aliphatic rings. The first-order chi connectivity index (χ1) is 8.16. The predicted molar refractivity (Wildman–Crippen MR) is 92.4 cm³/mol. The number of hydrogen-bond acceptors (Lipinski definition) is 0. The summed E-state index contributed by atoms with van der Waals surface area (Å²) >= 11 is 0. The number of halogens is 2. The van der Waals surface area contributed by atoms with Crippen LogP contribution in [0.15, 0.2) is 16.7 Å². The quantitative estimate of drug-likeness (QED) is 0.314. The molecule has 0 bridgehead atoms. The van der Waals surface area contributed by atoms with E-state index >= 15 is 0 Å². The third-order valence-corrected chi connectivity index (χ3v) is 4.81. The van der Waals surface area contributed by atoms with Crippen LogP contribution in [-0.4, -0.2) is 10.3 Å². The number of hydrogen-bond donors (Lipinski definition) is 0. The second-order valence-corrected chi connectivity index (χ2v) is 11.5. The van der Waals surface area contributed by atoms with E-state index in [2.05, 4.69) is 82.2 Å². The van der Waals surface area contributed by atoms with Crippen molar-refractivity contribution < 1.29 is 46.5 Å². The van der Waals surface area contributed by atoms with Crippen molar-refractivity contribution in [2.75, 3.05) is 0 Å². The fourth-order valence-electron chi connectivity index (χ4n) is 2.53. The van der Waals surface area contributed by atoms with Gasteiger partial charge in [0.1, 0.15) is 0 Å². The molecule has 0 amide bonds. The van der Waals surface area contributed by atoms with Crippen molar-refractivity contribution in [2.24, 2.45) is 5.41 Å². The molecular formula is C18H34Cl2PTi. The van der Waals surface area contributed by atoms with E-state index < -0.39 is 0 Å². The van der Waals surface area contributed by atoms with E-state index in [0.29, 0.717) is 10.3 Å².